The Labute approximate surface area is 94.9 Å². The smallest absolute Gasteiger partial charge is 0.317 e. The summed E-state index contributed by atoms with van der Waals surface area (Å²) in [7, 11) is 10.1. The van der Waals surface area contributed by atoms with Gasteiger partial charge in [-0.15, -0.1) is 0 Å². The molecule has 3 heteroatoms. The maximum atomic E-state index is 11.9. The van der Waals surface area contributed by atoms with Gasteiger partial charge in [-0.05, 0) is 12.8 Å². The Morgan fingerprint density at radius 1 is 1.00 bits per heavy atom. The highest BCUT2D eigenvalue weighted by atomic mass is 16.2. The average Bonchev–Trinajstić information content (AvgIpc) is 2.01. The third-order valence-corrected chi connectivity index (χ3v) is 2.68. The van der Waals surface area contributed by atoms with Gasteiger partial charge < -0.3 is 4.48 Å². The Hall–Kier alpha value is -0.410. The number of nitrogens with zero attached hydrogens (tertiary/aromatic N) is 2. The highest BCUT2D eigenvalue weighted by Gasteiger charge is 2.29. The highest BCUT2D eigenvalue weighted by molar-refractivity contribution is 5.69. The second-order valence-electron chi connectivity index (χ2n) is 5.93. The zero-order valence-electron chi connectivity index (χ0n) is 11.3. The van der Waals surface area contributed by atoms with Crippen LogP contribution in [0.4, 0.5) is 0 Å². The molecule has 90 valence electrons. The first kappa shape index (κ1) is 14.6. The van der Waals surface area contributed by atoms with Crippen molar-refractivity contribution in [3.63, 3.8) is 0 Å². The van der Waals surface area contributed by atoms with Gasteiger partial charge in [0, 0.05) is 0 Å². The Morgan fingerprint density at radius 3 is 1.93 bits per heavy atom. The fourth-order valence-corrected chi connectivity index (χ4v) is 1.45. The van der Waals surface area contributed by atoms with E-state index in [2.05, 4.69) is 21.0 Å². The van der Waals surface area contributed by atoms with Gasteiger partial charge in [-0.25, -0.2) is 4.79 Å². The molecule has 0 fully saturated rings. The Bertz CT molecular complexity index is 204. The van der Waals surface area contributed by atoms with E-state index in [0.29, 0.717) is 16.9 Å². The van der Waals surface area contributed by atoms with Gasteiger partial charge in [0.25, 0.3) is 0 Å². The molecule has 0 aromatic carbocycles. The molecule has 0 saturated carbocycles. The largest absolute Gasteiger partial charge is 0.367 e. The summed E-state index contributed by atoms with van der Waals surface area (Å²) >= 11 is 0. The van der Waals surface area contributed by atoms with E-state index in [-0.39, 0.29) is 0 Å². The van der Waals surface area contributed by atoms with Crippen molar-refractivity contribution in [3.05, 3.63) is 0 Å². The second-order valence-corrected chi connectivity index (χ2v) is 5.93. The average molecular weight is 216 g/mol. The number of amides is 1. The third-order valence-electron chi connectivity index (χ3n) is 2.68. The van der Waals surface area contributed by atoms with Crippen molar-refractivity contribution < 1.29 is 13.8 Å². The normalized spacial score (nSPS) is 12.9. The SMILES string of the molecule is CCCCC[N+](C)(C)CC(=O)[N+](C)(C)C. The summed E-state index contributed by atoms with van der Waals surface area (Å²) in [5.41, 5.74) is 0. The molecule has 1 amide bonds. The van der Waals surface area contributed by atoms with Crippen LogP contribution < -0.4 is 0 Å². The van der Waals surface area contributed by atoms with Crippen molar-refractivity contribution in [1.29, 1.82) is 0 Å². The molecule has 0 aromatic rings. The zero-order chi connectivity index (χ0) is 12.1. The molecule has 0 heterocycles. The van der Waals surface area contributed by atoms with Crippen LogP contribution in [0.25, 0.3) is 0 Å². The maximum Gasteiger partial charge on any atom is 0.367 e. The summed E-state index contributed by atoms with van der Waals surface area (Å²) in [6.45, 7) is 3.93. The summed E-state index contributed by atoms with van der Waals surface area (Å²) in [5.74, 6) is 0.302. The van der Waals surface area contributed by atoms with Crippen molar-refractivity contribution in [3.8, 4) is 0 Å². The molecule has 15 heavy (non-hydrogen) atoms. The number of carbonyl (C=O) groups is 1. The predicted octanol–water partition coefficient (Wildman–Crippen LogP) is 1.49. The molecule has 0 aromatic heterocycles. The summed E-state index contributed by atoms with van der Waals surface area (Å²) < 4.78 is 1.24. The molecular weight excluding hydrogens is 188 g/mol. The van der Waals surface area contributed by atoms with Crippen LogP contribution in [0.3, 0.4) is 0 Å². The summed E-state index contributed by atoms with van der Waals surface area (Å²) in [6.07, 6.45) is 3.72. The quantitative estimate of drug-likeness (QED) is 0.485. The van der Waals surface area contributed by atoms with Crippen LogP contribution in [0.5, 0.6) is 0 Å². The van der Waals surface area contributed by atoms with Gasteiger partial charge in [0.15, 0.2) is 6.54 Å². The number of quaternary nitrogens is 2. The molecule has 0 bridgehead atoms. The molecule has 0 aliphatic carbocycles. The van der Waals surface area contributed by atoms with Gasteiger partial charge in [-0.2, -0.15) is 0 Å². The summed E-state index contributed by atoms with van der Waals surface area (Å²) in [5, 5.41) is 0. The van der Waals surface area contributed by atoms with Gasteiger partial charge in [-0.1, -0.05) is 13.3 Å². The van der Waals surface area contributed by atoms with E-state index in [0.717, 1.165) is 11.0 Å². The number of unbranched alkanes of at least 4 members (excludes halogenated alkanes) is 2. The minimum atomic E-state index is 0.302. The fraction of sp³-hybridized carbons (Fsp3) is 0.917. The van der Waals surface area contributed by atoms with E-state index in [4.69, 9.17) is 0 Å². The van der Waals surface area contributed by atoms with Crippen LogP contribution in [-0.4, -0.2) is 63.2 Å². The zero-order valence-corrected chi connectivity index (χ0v) is 11.3. The Kier molecular flexibility index (Phi) is 5.46. The number of rotatable bonds is 6. The van der Waals surface area contributed by atoms with E-state index in [1.165, 1.54) is 19.3 Å². The van der Waals surface area contributed by atoms with Crippen molar-refractivity contribution in [2.24, 2.45) is 0 Å². The van der Waals surface area contributed by atoms with Crippen molar-refractivity contribution >= 4 is 5.91 Å². The molecule has 0 radical (unpaired) electrons. The second kappa shape index (κ2) is 5.61. The van der Waals surface area contributed by atoms with E-state index < -0.39 is 0 Å². The minimum Gasteiger partial charge on any atom is -0.317 e. The van der Waals surface area contributed by atoms with Gasteiger partial charge in [0.05, 0.1) is 41.8 Å². The predicted molar refractivity (Wildman–Crippen MR) is 64.4 cm³/mol. The Balaban J connectivity index is 4.08. The molecule has 0 N–H and O–H groups in total. The highest BCUT2D eigenvalue weighted by Crippen LogP contribution is 2.06. The first-order chi connectivity index (χ1) is 6.69. The van der Waals surface area contributed by atoms with E-state index in [1.807, 2.05) is 21.1 Å². The fourth-order valence-electron chi connectivity index (χ4n) is 1.45. The Morgan fingerprint density at radius 2 is 1.53 bits per heavy atom. The van der Waals surface area contributed by atoms with Gasteiger partial charge >= 0.3 is 5.91 Å². The molecule has 0 aliphatic heterocycles. The van der Waals surface area contributed by atoms with Crippen molar-refractivity contribution in [2.75, 3.05) is 48.3 Å². The van der Waals surface area contributed by atoms with Crippen LogP contribution >= 0.6 is 0 Å². The van der Waals surface area contributed by atoms with Crippen molar-refractivity contribution in [1.82, 2.24) is 0 Å². The number of hydrogen-bond acceptors (Lipinski definition) is 1. The minimum absolute atomic E-state index is 0.302. The number of hydrogen-bond donors (Lipinski definition) is 0. The lowest BCUT2D eigenvalue weighted by molar-refractivity contribution is -0.897. The standard InChI is InChI=1S/C12H28N2O/c1-7-8-9-10-14(5,6)11-12(15)13(2,3)4/h7-11H2,1-6H3/q+2. The topological polar surface area (TPSA) is 17.1 Å². The lowest BCUT2D eigenvalue weighted by atomic mass is 10.2. The van der Waals surface area contributed by atoms with E-state index in [1.54, 1.807) is 0 Å². The molecule has 0 unspecified atom stereocenters. The molecular formula is C12H28N2O+2. The van der Waals surface area contributed by atoms with Crippen LogP contribution in [0.15, 0.2) is 0 Å². The summed E-state index contributed by atoms with van der Waals surface area (Å²) in [4.78, 5) is 11.9. The molecule has 3 nitrogen and oxygen atoms in total. The molecule has 0 aliphatic rings. The number of carbonyl (C=O) groups excluding carboxylic acids is 1. The molecule has 0 saturated heterocycles. The van der Waals surface area contributed by atoms with Gasteiger partial charge in [-0.3, -0.25) is 4.48 Å². The van der Waals surface area contributed by atoms with Crippen LogP contribution in [0.1, 0.15) is 26.2 Å². The van der Waals surface area contributed by atoms with Gasteiger partial charge in [0.2, 0.25) is 0 Å². The molecule has 0 atom stereocenters. The first-order valence-corrected chi connectivity index (χ1v) is 5.86. The van der Waals surface area contributed by atoms with Crippen LogP contribution in [-0.2, 0) is 4.79 Å². The van der Waals surface area contributed by atoms with Crippen LogP contribution in [0, 0.1) is 0 Å². The number of likely N-dealkylation sites (N-methyl/N-ethyl adjacent to an activating group) is 2. The lowest BCUT2D eigenvalue weighted by Crippen LogP contribution is -2.53. The van der Waals surface area contributed by atoms with Crippen molar-refractivity contribution in [2.45, 2.75) is 26.2 Å². The van der Waals surface area contributed by atoms with E-state index >= 15 is 0 Å². The first-order valence-electron chi connectivity index (χ1n) is 5.86. The third kappa shape index (κ3) is 6.63. The van der Waals surface area contributed by atoms with E-state index in [9.17, 15) is 4.79 Å². The van der Waals surface area contributed by atoms with Crippen LogP contribution in [0.2, 0.25) is 0 Å². The monoisotopic (exact) mass is 216 g/mol. The molecule has 0 rings (SSSR count). The lowest BCUT2D eigenvalue weighted by Gasteiger charge is -2.31. The summed E-state index contributed by atoms with van der Waals surface area (Å²) in [6, 6.07) is 0. The molecule has 0 spiro atoms. The van der Waals surface area contributed by atoms with Gasteiger partial charge in [0.1, 0.15) is 0 Å². The maximum absolute atomic E-state index is 11.9.